The number of pyridine rings is 1. The summed E-state index contributed by atoms with van der Waals surface area (Å²) in [4.78, 5) is 4.54. The lowest BCUT2D eigenvalue weighted by molar-refractivity contribution is 0.415. The second-order valence-electron chi connectivity index (χ2n) is 6.69. The summed E-state index contributed by atoms with van der Waals surface area (Å²) in [6, 6.07) is 18.6. The lowest BCUT2D eigenvalue weighted by Gasteiger charge is -2.16. The number of anilines is 2. The normalized spacial score (nSPS) is 11.3. The average molecular weight is 455 g/mol. The van der Waals surface area contributed by atoms with E-state index < -0.39 is 9.84 Å². The number of methoxy groups -OCH3 is 2. The number of nitrogens with one attached hydrogen (secondary N) is 1. The van der Waals surface area contributed by atoms with Crippen molar-refractivity contribution in [2.75, 3.05) is 19.5 Å². The van der Waals surface area contributed by atoms with E-state index in [1.54, 1.807) is 50.6 Å². The lowest BCUT2D eigenvalue weighted by atomic mass is 10.1. The maximum Gasteiger partial charge on any atom is 0.210 e. The van der Waals surface area contributed by atoms with Crippen molar-refractivity contribution >= 4 is 43.7 Å². The number of benzene rings is 3. The number of rotatable bonds is 6. The van der Waals surface area contributed by atoms with Crippen LogP contribution in [0.2, 0.25) is 5.02 Å². The fraction of sp³-hybridized carbons (Fsp3) is 0.0870. The Hall–Kier alpha value is -3.29. The molecule has 1 heterocycles. The second-order valence-corrected chi connectivity index (χ2v) is 9.05. The molecule has 0 spiro atoms. The molecule has 1 N–H and O–H groups in total. The van der Waals surface area contributed by atoms with E-state index in [-0.39, 0.29) is 9.79 Å². The number of aromatic nitrogens is 1. The molecule has 1 aromatic heterocycles. The van der Waals surface area contributed by atoms with Gasteiger partial charge < -0.3 is 14.8 Å². The Morgan fingerprint density at radius 2 is 1.61 bits per heavy atom. The first-order valence-electron chi connectivity index (χ1n) is 9.31. The molecule has 8 heteroatoms. The highest BCUT2D eigenvalue weighted by Crippen LogP contribution is 2.37. The maximum atomic E-state index is 13.5. The largest absolute Gasteiger partial charge is 0.497 e. The van der Waals surface area contributed by atoms with Crippen LogP contribution in [-0.4, -0.2) is 27.6 Å². The lowest BCUT2D eigenvalue weighted by Crippen LogP contribution is -2.07. The van der Waals surface area contributed by atoms with Gasteiger partial charge in [-0.15, -0.1) is 0 Å². The third-order valence-corrected chi connectivity index (χ3v) is 6.83. The number of hydrogen-bond donors (Lipinski definition) is 1. The maximum absolute atomic E-state index is 13.5. The third-order valence-electron chi connectivity index (χ3n) is 4.79. The van der Waals surface area contributed by atoms with Gasteiger partial charge in [0.25, 0.3) is 0 Å². The van der Waals surface area contributed by atoms with Gasteiger partial charge in [-0.2, -0.15) is 0 Å². The molecule has 0 radical (unpaired) electrons. The molecule has 0 saturated carbocycles. The topological polar surface area (TPSA) is 77.5 Å². The van der Waals surface area contributed by atoms with Gasteiger partial charge in [-0.25, -0.2) is 8.42 Å². The molecule has 0 fully saturated rings. The van der Waals surface area contributed by atoms with Gasteiger partial charge in [0.05, 0.1) is 30.3 Å². The van der Waals surface area contributed by atoms with Gasteiger partial charge in [-0.1, -0.05) is 17.7 Å². The van der Waals surface area contributed by atoms with Crippen LogP contribution in [0.1, 0.15) is 0 Å². The van der Waals surface area contributed by atoms with Crippen molar-refractivity contribution in [3.05, 3.63) is 77.9 Å². The van der Waals surface area contributed by atoms with E-state index in [0.717, 1.165) is 0 Å². The number of fused-ring (bicyclic) bond motifs is 1. The van der Waals surface area contributed by atoms with Crippen molar-refractivity contribution in [2.45, 2.75) is 9.79 Å². The minimum Gasteiger partial charge on any atom is -0.497 e. The molecule has 0 saturated heterocycles. The zero-order valence-electron chi connectivity index (χ0n) is 16.8. The number of hydrogen-bond acceptors (Lipinski definition) is 6. The van der Waals surface area contributed by atoms with E-state index in [9.17, 15) is 8.42 Å². The van der Waals surface area contributed by atoms with E-state index in [0.29, 0.717) is 38.8 Å². The van der Waals surface area contributed by atoms with E-state index in [2.05, 4.69) is 10.3 Å². The average Bonchev–Trinajstić information content (AvgIpc) is 2.79. The Balaban J connectivity index is 1.96. The minimum atomic E-state index is -3.89. The molecule has 0 atom stereocenters. The van der Waals surface area contributed by atoms with Crippen LogP contribution in [0.5, 0.6) is 11.5 Å². The Bertz CT molecular complexity index is 1360. The molecule has 0 aliphatic rings. The van der Waals surface area contributed by atoms with E-state index in [1.807, 2.05) is 18.2 Å². The summed E-state index contributed by atoms with van der Waals surface area (Å²) in [6.07, 6.45) is 1.36. The first-order valence-corrected chi connectivity index (χ1v) is 11.2. The summed E-state index contributed by atoms with van der Waals surface area (Å²) in [5.74, 6) is 1.23. The molecule has 0 aliphatic carbocycles. The summed E-state index contributed by atoms with van der Waals surface area (Å²) in [6.45, 7) is 0. The molecule has 6 nitrogen and oxygen atoms in total. The minimum absolute atomic E-state index is 0.0402. The van der Waals surface area contributed by atoms with E-state index >= 15 is 0 Å². The van der Waals surface area contributed by atoms with Gasteiger partial charge in [0, 0.05) is 28.4 Å². The van der Waals surface area contributed by atoms with E-state index in [4.69, 9.17) is 21.1 Å². The first kappa shape index (κ1) is 21.0. The fourth-order valence-electron chi connectivity index (χ4n) is 3.20. The molecule has 0 bridgehead atoms. The van der Waals surface area contributed by atoms with E-state index in [1.165, 1.54) is 18.3 Å². The highest BCUT2D eigenvalue weighted by atomic mass is 35.5. The third kappa shape index (κ3) is 4.15. The van der Waals surface area contributed by atoms with Crippen molar-refractivity contribution in [1.29, 1.82) is 0 Å². The molecular formula is C23H19ClN2O4S. The van der Waals surface area contributed by atoms with Gasteiger partial charge in [0.2, 0.25) is 9.84 Å². The van der Waals surface area contributed by atoms with Crippen LogP contribution in [0.25, 0.3) is 10.9 Å². The number of nitrogens with zero attached hydrogens (tertiary/aromatic N) is 1. The van der Waals surface area contributed by atoms with Crippen LogP contribution in [-0.2, 0) is 9.84 Å². The molecule has 0 aliphatic heterocycles. The highest BCUT2D eigenvalue weighted by molar-refractivity contribution is 7.91. The Labute approximate surface area is 185 Å². The van der Waals surface area contributed by atoms with Gasteiger partial charge in [-0.05, 0) is 54.6 Å². The predicted molar refractivity (Wildman–Crippen MR) is 121 cm³/mol. The van der Waals surface area contributed by atoms with Crippen molar-refractivity contribution in [3.63, 3.8) is 0 Å². The molecule has 0 amide bonds. The predicted octanol–water partition coefficient (Wildman–Crippen LogP) is 5.48. The number of sulfone groups is 1. The molecular weight excluding hydrogens is 436 g/mol. The quantitative estimate of drug-likeness (QED) is 0.415. The monoisotopic (exact) mass is 454 g/mol. The summed E-state index contributed by atoms with van der Waals surface area (Å²) in [7, 11) is -0.764. The van der Waals surface area contributed by atoms with Gasteiger partial charge in [0.1, 0.15) is 16.4 Å². The van der Waals surface area contributed by atoms with Crippen molar-refractivity contribution in [3.8, 4) is 11.5 Å². The summed E-state index contributed by atoms with van der Waals surface area (Å²) >= 11 is 5.94. The molecule has 4 aromatic rings. The van der Waals surface area contributed by atoms with Crippen molar-refractivity contribution in [2.24, 2.45) is 0 Å². The summed E-state index contributed by atoms with van der Waals surface area (Å²) in [5.41, 5.74) is 1.69. The van der Waals surface area contributed by atoms with Crippen LogP contribution in [0.15, 0.2) is 82.7 Å². The molecule has 31 heavy (non-hydrogen) atoms. The first-order chi connectivity index (χ1) is 14.9. The smallest absolute Gasteiger partial charge is 0.210 e. The van der Waals surface area contributed by atoms with Crippen LogP contribution in [0, 0.1) is 0 Å². The summed E-state index contributed by atoms with van der Waals surface area (Å²) in [5, 5.41) is 4.31. The molecule has 158 valence electrons. The SMILES string of the molecule is COc1cccc(Nc2c(S(=O)(=O)c3ccc(Cl)cc3)cnc3ccc(OC)cc23)c1. The zero-order valence-corrected chi connectivity index (χ0v) is 18.4. The van der Waals surface area contributed by atoms with Crippen molar-refractivity contribution in [1.82, 2.24) is 4.98 Å². The van der Waals surface area contributed by atoms with Crippen LogP contribution >= 0.6 is 11.6 Å². The summed E-state index contributed by atoms with van der Waals surface area (Å²) < 4.78 is 37.6. The number of ether oxygens (including phenoxy) is 2. The molecule has 4 rings (SSSR count). The van der Waals surface area contributed by atoms with Gasteiger partial charge >= 0.3 is 0 Å². The van der Waals surface area contributed by atoms with Gasteiger partial charge in [-0.3, -0.25) is 4.98 Å². The van der Waals surface area contributed by atoms with Crippen molar-refractivity contribution < 1.29 is 17.9 Å². The zero-order chi connectivity index (χ0) is 22.0. The number of halogens is 1. The van der Waals surface area contributed by atoms with Crippen LogP contribution in [0.4, 0.5) is 11.4 Å². The Morgan fingerprint density at radius 3 is 2.32 bits per heavy atom. The van der Waals surface area contributed by atoms with Crippen LogP contribution < -0.4 is 14.8 Å². The van der Waals surface area contributed by atoms with Crippen LogP contribution in [0.3, 0.4) is 0 Å². The highest BCUT2D eigenvalue weighted by Gasteiger charge is 2.24. The second kappa shape index (κ2) is 8.45. The molecule has 0 unspecified atom stereocenters. The fourth-order valence-corrected chi connectivity index (χ4v) is 4.69. The Kier molecular flexibility index (Phi) is 5.71. The Morgan fingerprint density at radius 1 is 0.903 bits per heavy atom. The standard InChI is InChI=1S/C23H19ClN2O4S/c1-29-17-5-3-4-16(12-17)26-23-20-13-18(30-2)8-11-21(20)25-14-22(23)31(27,28)19-9-6-15(24)7-10-19/h3-14H,1-2H3,(H,25,26). The molecule has 3 aromatic carbocycles. The van der Waals surface area contributed by atoms with Gasteiger partial charge in [0.15, 0.2) is 0 Å².